The molecule has 0 bridgehead atoms. The van der Waals surface area contributed by atoms with Gasteiger partial charge in [-0.25, -0.2) is 13.1 Å². The molecule has 0 aliphatic rings. The van der Waals surface area contributed by atoms with Crippen LogP contribution in [0.3, 0.4) is 0 Å². The molecule has 0 aliphatic heterocycles. The number of nitrogens with two attached hydrogens (primary N) is 1. The van der Waals surface area contributed by atoms with Gasteiger partial charge >= 0.3 is 0 Å². The Bertz CT molecular complexity index is 711. The number of aromatic nitrogens is 1. The predicted octanol–water partition coefficient (Wildman–Crippen LogP) is 1.56. The van der Waals surface area contributed by atoms with Gasteiger partial charge < -0.3 is 5.73 Å². The number of benzene rings is 1. The number of pyridine rings is 1. The Kier molecular flexibility index (Phi) is 4.37. The van der Waals surface area contributed by atoms with E-state index in [1.807, 2.05) is 26.0 Å². The highest BCUT2D eigenvalue weighted by atomic mass is 32.2. The summed E-state index contributed by atoms with van der Waals surface area (Å²) in [6.07, 6.45) is 2.26. The first kappa shape index (κ1) is 14.9. The van der Waals surface area contributed by atoms with Crippen LogP contribution in [-0.4, -0.2) is 26.0 Å². The Morgan fingerprint density at radius 3 is 2.85 bits per heavy atom. The highest BCUT2D eigenvalue weighted by Gasteiger charge is 2.17. The molecule has 0 saturated carbocycles. The molecule has 0 fully saturated rings. The lowest BCUT2D eigenvalue weighted by Gasteiger charge is -2.10. The fourth-order valence-electron chi connectivity index (χ4n) is 1.96. The molecule has 2 rings (SSSR count). The summed E-state index contributed by atoms with van der Waals surface area (Å²) in [4.78, 5) is 4.45. The number of para-hydroxylation sites is 1. The van der Waals surface area contributed by atoms with E-state index in [9.17, 15) is 8.42 Å². The maximum Gasteiger partial charge on any atom is 0.242 e. The SMILES string of the molecule is Cc1cnc2c(S(=O)(=O)NCCC(C)N)cccc2c1. The zero-order valence-electron chi connectivity index (χ0n) is 11.6. The predicted molar refractivity (Wildman–Crippen MR) is 79.9 cm³/mol. The van der Waals surface area contributed by atoms with Crippen molar-refractivity contribution in [1.82, 2.24) is 9.71 Å². The number of nitrogens with zero attached hydrogens (tertiary/aromatic N) is 1. The first-order valence-corrected chi connectivity index (χ1v) is 7.99. The van der Waals surface area contributed by atoms with Crippen molar-refractivity contribution in [3.8, 4) is 0 Å². The zero-order chi connectivity index (χ0) is 14.8. The monoisotopic (exact) mass is 293 g/mol. The Hall–Kier alpha value is -1.50. The average Bonchev–Trinajstić information content (AvgIpc) is 2.36. The van der Waals surface area contributed by atoms with Gasteiger partial charge in [0, 0.05) is 24.2 Å². The second-order valence-electron chi connectivity index (χ2n) is 5.00. The van der Waals surface area contributed by atoms with Gasteiger partial charge in [-0.05, 0) is 38.0 Å². The summed E-state index contributed by atoms with van der Waals surface area (Å²) < 4.78 is 27.2. The van der Waals surface area contributed by atoms with Gasteiger partial charge in [0.05, 0.1) is 5.52 Å². The van der Waals surface area contributed by atoms with E-state index in [0.717, 1.165) is 10.9 Å². The zero-order valence-corrected chi connectivity index (χ0v) is 12.4. The summed E-state index contributed by atoms with van der Waals surface area (Å²) in [5.74, 6) is 0. The molecule has 6 heteroatoms. The third-order valence-electron chi connectivity index (χ3n) is 2.99. The van der Waals surface area contributed by atoms with Crippen LogP contribution >= 0.6 is 0 Å². The van der Waals surface area contributed by atoms with Gasteiger partial charge in [0.25, 0.3) is 0 Å². The van der Waals surface area contributed by atoms with E-state index < -0.39 is 10.0 Å². The van der Waals surface area contributed by atoms with Gasteiger partial charge in [0.1, 0.15) is 4.90 Å². The maximum atomic E-state index is 12.3. The van der Waals surface area contributed by atoms with Crippen molar-refractivity contribution in [2.75, 3.05) is 6.54 Å². The Labute approximate surface area is 119 Å². The molecular formula is C14H19N3O2S. The van der Waals surface area contributed by atoms with Crippen LogP contribution in [0.15, 0.2) is 35.4 Å². The number of nitrogens with one attached hydrogen (secondary N) is 1. The molecule has 1 heterocycles. The van der Waals surface area contributed by atoms with E-state index in [2.05, 4.69) is 9.71 Å². The summed E-state index contributed by atoms with van der Waals surface area (Å²) in [5.41, 5.74) is 7.11. The summed E-state index contributed by atoms with van der Waals surface area (Å²) in [5, 5.41) is 0.820. The number of sulfonamides is 1. The van der Waals surface area contributed by atoms with E-state index in [1.165, 1.54) is 0 Å². The van der Waals surface area contributed by atoms with Crippen molar-refractivity contribution in [2.45, 2.75) is 31.2 Å². The van der Waals surface area contributed by atoms with Crippen molar-refractivity contribution in [1.29, 1.82) is 0 Å². The fourth-order valence-corrected chi connectivity index (χ4v) is 3.18. The van der Waals surface area contributed by atoms with Crippen LogP contribution < -0.4 is 10.5 Å². The molecule has 0 spiro atoms. The van der Waals surface area contributed by atoms with E-state index in [1.54, 1.807) is 18.3 Å². The molecule has 1 aromatic carbocycles. The molecule has 20 heavy (non-hydrogen) atoms. The van der Waals surface area contributed by atoms with Crippen LogP contribution in [0.2, 0.25) is 0 Å². The Morgan fingerprint density at radius 1 is 1.40 bits per heavy atom. The molecule has 2 aromatic rings. The molecule has 1 atom stereocenters. The Balaban J connectivity index is 2.36. The molecule has 0 saturated heterocycles. The first-order valence-electron chi connectivity index (χ1n) is 6.51. The quantitative estimate of drug-likeness (QED) is 0.876. The third-order valence-corrected chi connectivity index (χ3v) is 4.48. The maximum absolute atomic E-state index is 12.3. The smallest absolute Gasteiger partial charge is 0.242 e. The Morgan fingerprint density at radius 2 is 2.15 bits per heavy atom. The van der Waals surface area contributed by atoms with Gasteiger partial charge in [-0.15, -0.1) is 0 Å². The van der Waals surface area contributed by atoms with E-state index >= 15 is 0 Å². The van der Waals surface area contributed by atoms with Crippen molar-refractivity contribution >= 4 is 20.9 Å². The number of aryl methyl sites for hydroxylation is 1. The molecule has 0 radical (unpaired) electrons. The molecular weight excluding hydrogens is 274 g/mol. The minimum Gasteiger partial charge on any atom is -0.328 e. The number of hydrogen-bond donors (Lipinski definition) is 2. The number of hydrogen-bond acceptors (Lipinski definition) is 4. The number of fused-ring (bicyclic) bond motifs is 1. The largest absolute Gasteiger partial charge is 0.328 e. The lowest BCUT2D eigenvalue weighted by molar-refractivity contribution is 0.572. The average molecular weight is 293 g/mol. The standard InChI is InChI=1S/C14H19N3O2S/c1-10-8-12-4-3-5-13(14(12)16-9-10)20(18,19)17-7-6-11(2)15/h3-5,8-9,11,17H,6-7,15H2,1-2H3. The van der Waals surface area contributed by atoms with Gasteiger partial charge in [-0.2, -0.15) is 0 Å². The molecule has 1 unspecified atom stereocenters. The van der Waals surface area contributed by atoms with E-state index in [4.69, 9.17) is 5.73 Å². The van der Waals surface area contributed by atoms with Crippen molar-refractivity contribution in [3.63, 3.8) is 0 Å². The highest BCUT2D eigenvalue weighted by molar-refractivity contribution is 7.89. The molecule has 1 aromatic heterocycles. The van der Waals surface area contributed by atoms with Crippen molar-refractivity contribution in [2.24, 2.45) is 5.73 Å². The minimum absolute atomic E-state index is 0.0361. The van der Waals surface area contributed by atoms with Crippen molar-refractivity contribution in [3.05, 3.63) is 36.0 Å². The summed E-state index contributed by atoms with van der Waals surface area (Å²) in [6.45, 7) is 4.09. The molecule has 108 valence electrons. The van der Waals surface area contributed by atoms with Crippen LogP contribution in [0.5, 0.6) is 0 Å². The normalized spacial score (nSPS) is 13.6. The highest BCUT2D eigenvalue weighted by Crippen LogP contribution is 2.21. The van der Waals surface area contributed by atoms with E-state index in [-0.39, 0.29) is 10.9 Å². The van der Waals surface area contributed by atoms with Crippen LogP contribution in [0.25, 0.3) is 10.9 Å². The van der Waals surface area contributed by atoms with Gasteiger partial charge in [-0.1, -0.05) is 12.1 Å². The third kappa shape index (κ3) is 3.33. The lowest BCUT2D eigenvalue weighted by Crippen LogP contribution is -2.29. The van der Waals surface area contributed by atoms with Gasteiger partial charge in [-0.3, -0.25) is 4.98 Å². The van der Waals surface area contributed by atoms with Crippen LogP contribution in [-0.2, 0) is 10.0 Å². The number of rotatable bonds is 5. The topological polar surface area (TPSA) is 85.1 Å². The molecule has 0 aliphatic carbocycles. The second-order valence-corrected chi connectivity index (χ2v) is 6.74. The van der Waals surface area contributed by atoms with Gasteiger partial charge in [0.15, 0.2) is 0 Å². The second kappa shape index (κ2) is 5.87. The lowest BCUT2D eigenvalue weighted by atomic mass is 10.2. The molecule has 5 nitrogen and oxygen atoms in total. The van der Waals surface area contributed by atoms with Crippen molar-refractivity contribution < 1.29 is 8.42 Å². The fraction of sp³-hybridized carbons (Fsp3) is 0.357. The van der Waals surface area contributed by atoms with E-state index in [0.29, 0.717) is 18.5 Å². The van der Waals surface area contributed by atoms with Gasteiger partial charge in [0.2, 0.25) is 10.0 Å². The van der Waals surface area contributed by atoms with Crippen LogP contribution in [0, 0.1) is 6.92 Å². The molecule has 3 N–H and O–H groups in total. The minimum atomic E-state index is -3.56. The van der Waals surface area contributed by atoms with Crippen LogP contribution in [0.1, 0.15) is 18.9 Å². The molecule has 0 amide bonds. The summed E-state index contributed by atoms with van der Waals surface area (Å²) in [6, 6.07) is 7.04. The van der Waals surface area contributed by atoms with Crippen LogP contribution in [0.4, 0.5) is 0 Å². The summed E-state index contributed by atoms with van der Waals surface area (Å²) in [7, 11) is -3.56. The first-order chi connectivity index (χ1) is 9.40. The summed E-state index contributed by atoms with van der Waals surface area (Å²) >= 11 is 0.